The molecular formula is C12H10BrNO2. The number of carbonyl (C=O) groups excluding carboxylic acids is 1. The summed E-state index contributed by atoms with van der Waals surface area (Å²) in [4.78, 5) is 11.0. The minimum absolute atomic E-state index is 0.0794. The number of rotatable bonds is 3. The molecule has 0 amide bonds. The molecule has 1 heterocycles. The second kappa shape index (κ2) is 4.61. The van der Waals surface area contributed by atoms with Gasteiger partial charge in [-0.1, -0.05) is 33.2 Å². The first-order valence-electron chi connectivity index (χ1n) is 4.86. The van der Waals surface area contributed by atoms with Crippen molar-refractivity contribution in [3.63, 3.8) is 0 Å². The lowest BCUT2D eigenvalue weighted by molar-refractivity contribution is 0.100. The van der Waals surface area contributed by atoms with Crippen LogP contribution in [0.25, 0.3) is 0 Å². The van der Waals surface area contributed by atoms with Crippen LogP contribution in [0.5, 0.6) is 0 Å². The van der Waals surface area contributed by atoms with Gasteiger partial charge in [0.05, 0.1) is 0 Å². The van der Waals surface area contributed by atoms with Crippen LogP contribution < -0.4 is 0 Å². The minimum atomic E-state index is -0.0794. The van der Waals surface area contributed by atoms with E-state index in [-0.39, 0.29) is 5.78 Å². The molecule has 0 saturated heterocycles. The molecule has 0 unspecified atom stereocenters. The van der Waals surface area contributed by atoms with Crippen LogP contribution in [0.15, 0.2) is 39.3 Å². The molecule has 3 nitrogen and oxygen atoms in total. The lowest BCUT2D eigenvalue weighted by Gasteiger charge is -1.97. The fourth-order valence-electron chi connectivity index (χ4n) is 1.41. The highest BCUT2D eigenvalue weighted by molar-refractivity contribution is 9.10. The van der Waals surface area contributed by atoms with Crippen molar-refractivity contribution in [2.24, 2.45) is 0 Å². The van der Waals surface area contributed by atoms with Crippen LogP contribution >= 0.6 is 15.9 Å². The van der Waals surface area contributed by atoms with Crippen LogP contribution in [0.2, 0.25) is 0 Å². The Kier molecular flexibility index (Phi) is 3.19. The van der Waals surface area contributed by atoms with Crippen molar-refractivity contribution in [2.75, 3.05) is 0 Å². The zero-order chi connectivity index (χ0) is 11.5. The van der Waals surface area contributed by atoms with E-state index in [0.29, 0.717) is 17.9 Å². The van der Waals surface area contributed by atoms with Gasteiger partial charge in [-0.25, -0.2) is 0 Å². The predicted molar refractivity (Wildman–Crippen MR) is 63.5 cm³/mol. The molecule has 0 fully saturated rings. The molecule has 1 aromatic carbocycles. The molecule has 0 radical (unpaired) electrons. The van der Waals surface area contributed by atoms with Crippen molar-refractivity contribution in [2.45, 2.75) is 13.3 Å². The molecular weight excluding hydrogens is 270 g/mol. The zero-order valence-electron chi connectivity index (χ0n) is 8.74. The lowest BCUT2D eigenvalue weighted by Crippen LogP contribution is -1.90. The fourth-order valence-corrected chi connectivity index (χ4v) is 1.86. The Labute approximate surface area is 102 Å². The van der Waals surface area contributed by atoms with Gasteiger partial charge in [0.25, 0.3) is 0 Å². The number of nitrogens with zero attached hydrogens (tertiary/aromatic N) is 1. The third kappa shape index (κ3) is 2.58. The van der Waals surface area contributed by atoms with Crippen molar-refractivity contribution >= 4 is 21.7 Å². The Balaban J connectivity index is 2.17. The Morgan fingerprint density at radius 3 is 2.88 bits per heavy atom. The largest absolute Gasteiger partial charge is 0.360 e. The Hall–Kier alpha value is -1.42. The quantitative estimate of drug-likeness (QED) is 0.811. The maximum Gasteiger partial charge on any atom is 0.181 e. The Bertz CT molecular complexity index is 519. The van der Waals surface area contributed by atoms with Crippen molar-refractivity contribution in [3.05, 3.63) is 51.8 Å². The van der Waals surface area contributed by atoms with Crippen molar-refractivity contribution in [1.82, 2.24) is 5.16 Å². The van der Waals surface area contributed by atoms with E-state index in [9.17, 15) is 4.79 Å². The average molecular weight is 280 g/mol. The van der Waals surface area contributed by atoms with Gasteiger partial charge in [-0.2, -0.15) is 0 Å². The van der Waals surface area contributed by atoms with E-state index in [1.165, 1.54) is 6.92 Å². The monoisotopic (exact) mass is 279 g/mol. The average Bonchev–Trinajstić information content (AvgIpc) is 2.66. The van der Waals surface area contributed by atoms with Crippen LogP contribution in [-0.4, -0.2) is 10.9 Å². The highest BCUT2D eigenvalue weighted by Crippen LogP contribution is 2.16. The van der Waals surface area contributed by atoms with Gasteiger partial charge in [-0.3, -0.25) is 4.79 Å². The maximum atomic E-state index is 11.0. The number of carbonyl (C=O) groups is 1. The molecule has 0 atom stereocenters. The first-order chi connectivity index (χ1) is 7.65. The molecule has 0 saturated carbocycles. The van der Waals surface area contributed by atoms with Gasteiger partial charge in [-0.05, 0) is 17.7 Å². The predicted octanol–water partition coefficient (Wildman–Crippen LogP) is 3.23. The fraction of sp³-hybridized carbons (Fsp3) is 0.167. The van der Waals surface area contributed by atoms with E-state index < -0.39 is 0 Å². The summed E-state index contributed by atoms with van der Waals surface area (Å²) in [7, 11) is 0. The van der Waals surface area contributed by atoms with Crippen LogP contribution in [0.3, 0.4) is 0 Å². The number of hydrogen-bond acceptors (Lipinski definition) is 3. The first-order valence-corrected chi connectivity index (χ1v) is 5.65. The standard InChI is InChI=1S/C12H10BrNO2/c1-8(15)12-7-11(16-14-12)6-9-3-2-4-10(13)5-9/h2-5,7H,6H2,1H3. The van der Waals surface area contributed by atoms with Gasteiger partial charge in [0.2, 0.25) is 0 Å². The molecule has 0 N–H and O–H groups in total. The Morgan fingerprint density at radius 2 is 2.25 bits per heavy atom. The molecule has 16 heavy (non-hydrogen) atoms. The second-order valence-corrected chi connectivity index (χ2v) is 4.46. The number of ketones is 1. The van der Waals surface area contributed by atoms with E-state index in [1.807, 2.05) is 24.3 Å². The summed E-state index contributed by atoms with van der Waals surface area (Å²) >= 11 is 3.40. The van der Waals surface area contributed by atoms with E-state index in [2.05, 4.69) is 21.1 Å². The summed E-state index contributed by atoms with van der Waals surface area (Å²) in [6.07, 6.45) is 0.639. The van der Waals surface area contributed by atoms with Crippen LogP contribution in [0.4, 0.5) is 0 Å². The molecule has 1 aromatic heterocycles. The summed E-state index contributed by atoms with van der Waals surface area (Å²) in [6, 6.07) is 9.62. The molecule has 0 aliphatic heterocycles. The molecule has 82 valence electrons. The van der Waals surface area contributed by atoms with Crippen LogP contribution in [0.1, 0.15) is 28.7 Å². The summed E-state index contributed by atoms with van der Waals surface area (Å²) in [5.74, 6) is 0.618. The normalized spacial score (nSPS) is 10.4. The molecule has 2 aromatic rings. The molecule has 4 heteroatoms. The molecule has 0 spiro atoms. The Morgan fingerprint density at radius 1 is 1.44 bits per heavy atom. The number of halogens is 1. The third-order valence-corrected chi connectivity index (χ3v) is 2.68. The minimum Gasteiger partial charge on any atom is -0.360 e. The smallest absolute Gasteiger partial charge is 0.181 e. The summed E-state index contributed by atoms with van der Waals surface area (Å²) in [6.45, 7) is 1.47. The van der Waals surface area contributed by atoms with E-state index in [1.54, 1.807) is 6.07 Å². The number of Topliss-reactive ketones (excluding diaryl/α,β-unsaturated/α-hetero) is 1. The van der Waals surface area contributed by atoms with Gasteiger partial charge in [0.15, 0.2) is 5.78 Å². The van der Waals surface area contributed by atoms with Gasteiger partial charge in [0, 0.05) is 23.9 Å². The maximum absolute atomic E-state index is 11.0. The topological polar surface area (TPSA) is 43.1 Å². The van der Waals surface area contributed by atoms with Crippen LogP contribution in [-0.2, 0) is 6.42 Å². The van der Waals surface area contributed by atoms with E-state index in [4.69, 9.17) is 4.52 Å². The van der Waals surface area contributed by atoms with Crippen molar-refractivity contribution in [3.8, 4) is 0 Å². The molecule has 0 bridgehead atoms. The van der Waals surface area contributed by atoms with E-state index in [0.717, 1.165) is 10.0 Å². The summed E-state index contributed by atoms with van der Waals surface area (Å²) in [5.41, 5.74) is 1.49. The lowest BCUT2D eigenvalue weighted by atomic mass is 10.1. The number of benzene rings is 1. The van der Waals surface area contributed by atoms with Gasteiger partial charge < -0.3 is 4.52 Å². The highest BCUT2D eigenvalue weighted by Gasteiger charge is 2.08. The zero-order valence-corrected chi connectivity index (χ0v) is 10.3. The van der Waals surface area contributed by atoms with Gasteiger partial charge >= 0.3 is 0 Å². The SMILES string of the molecule is CC(=O)c1cc(Cc2cccc(Br)c2)on1. The number of hydrogen-bond donors (Lipinski definition) is 0. The molecule has 0 aliphatic rings. The van der Waals surface area contributed by atoms with Crippen LogP contribution in [0, 0.1) is 0 Å². The molecule has 2 rings (SSSR count). The summed E-state index contributed by atoms with van der Waals surface area (Å²) in [5, 5.41) is 3.70. The van der Waals surface area contributed by atoms with Gasteiger partial charge in [0.1, 0.15) is 11.5 Å². The van der Waals surface area contributed by atoms with Gasteiger partial charge in [-0.15, -0.1) is 0 Å². The second-order valence-electron chi connectivity index (χ2n) is 3.54. The summed E-state index contributed by atoms with van der Waals surface area (Å²) < 4.78 is 6.11. The third-order valence-electron chi connectivity index (χ3n) is 2.19. The van der Waals surface area contributed by atoms with Crippen molar-refractivity contribution in [1.29, 1.82) is 0 Å². The first kappa shape index (κ1) is 11.1. The molecule has 0 aliphatic carbocycles. The highest BCUT2D eigenvalue weighted by atomic mass is 79.9. The van der Waals surface area contributed by atoms with Crippen molar-refractivity contribution < 1.29 is 9.32 Å². The number of aromatic nitrogens is 1. The van der Waals surface area contributed by atoms with E-state index >= 15 is 0 Å².